The third-order valence-corrected chi connectivity index (χ3v) is 4.24. The predicted octanol–water partition coefficient (Wildman–Crippen LogP) is 4.31. The summed E-state index contributed by atoms with van der Waals surface area (Å²) in [5, 5.41) is 3.04. The topological polar surface area (TPSA) is 68.3 Å². The van der Waals surface area contributed by atoms with Crippen LogP contribution in [0.15, 0.2) is 30.5 Å². The van der Waals surface area contributed by atoms with Gasteiger partial charge in [0.05, 0.1) is 11.1 Å². The minimum Gasteiger partial charge on any atom is -0.486 e. The molecule has 2 rings (SSSR count). The van der Waals surface area contributed by atoms with Gasteiger partial charge in [0.15, 0.2) is 0 Å². The van der Waals surface area contributed by atoms with Crippen LogP contribution in [0.3, 0.4) is 0 Å². The number of pyridine rings is 1. The molecule has 1 heterocycles. The summed E-state index contributed by atoms with van der Waals surface area (Å²) in [6.07, 6.45) is -0.957. The normalized spacial score (nSPS) is 12.0. The molecule has 1 unspecified atom stereocenters. The monoisotopic (exact) mass is 410 g/mol. The second kappa shape index (κ2) is 9.59. The van der Waals surface area contributed by atoms with Gasteiger partial charge in [0.2, 0.25) is 0 Å². The first-order valence-corrected chi connectivity index (χ1v) is 9.01. The molecule has 0 aliphatic carbocycles. The zero-order valence-electron chi connectivity index (χ0n) is 15.8. The van der Waals surface area contributed by atoms with Crippen molar-refractivity contribution in [3.05, 3.63) is 57.9 Å². The first-order chi connectivity index (χ1) is 13.2. The Hall–Kier alpha value is -2.54. The second-order valence-electron chi connectivity index (χ2n) is 6.46. The highest BCUT2D eigenvalue weighted by molar-refractivity contribution is 6.32. The lowest BCUT2D eigenvalue weighted by molar-refractivity contribution is -0.116. The quantitative estimate of drug-likeness (QED) is 0.704. The summed E-state index contributed by atoms with van der Waals surface area (Å²) in [6, 6.07) is 6.05. The zero-order valence-corrected chi connectivity index (χ0v) is 16.5. The lowest BCUT2D eigenvalue weighted by Crippen LogP contribution is -2.27. The Morgan fingerprint density at radius 1 is 1.29 bits per heavy atom. The van der Waals surface area contributed by atoms with Crippen LogP contribution >= 0.6 is 11.6 Å². The number of carbonyl (C=O) groups is 2. The number of halogens is 3. The number of alkyl halides is 2. The van der Waals surface area contributed by atoms with E-state index in [1.165, 1.54) is 13.1 Å². The number of nitrogens with one attached hydrogen (secondary N) is 1. The summed E-state index contributed by atoms with van der Waals surface area (Å²) in [7, 11) is 0. The molecule has 28 heavy (non-hydrogen) atoms. The standard InChI is InChI=1S/C20H21ClF2N2O3/c1-11-6-15(9-17(21)19(11)28-10-18(22)23)13(3)25-20(27)14-4-5-24-16(8-14)7-12(2)26/h4-6,8-9,13,18H,7,10H2,1-3H3,(H,25,27). The maximum absolute atomic E-state index is 12.5. The third-order valence-electron chi connectivity index (χ3n) is 3.96. The Kier molecular flexibility index (Phi) is 7.45. The molecule has 0 bridgehead atoms. The van der Waals surface area contributed by atoms with Crippen LogP contribution in [0, 0.1) is 6.92 Å². The maximum Gasteiger partial charge on any atom is 0.272 e. The number of benzene rings is 1. The fourth-order valence-electron chi connectivity index (χ4n) is 2.67. The minimum absolute atomic E-state index is 0.0438. The van der Waals surface area contributed by atoms with Crippen molar-refractivity contribution in [1.82, 2.24) is 10.3 Å². The summed E-state index contributed by atoms with van der Waals surface area (Å²) >= 11 is 6.16. The summed E-state index contributed by atoms with van der Waals surface area (Å²) in [5.41, 5.74) is 2.21. The average Bonchev–Trinajstić information content (AvgIpc) is 2.60. The van der Waals surface area contributed by atoms with E-state index in [-0.39, 0.29) is 28.9 Å². The fourth-order valence-corrected chi connectivity index (χ4v) is 3.00. The highest BCUT2D eigenvalue weighted by Crippen LogP contribution is 2.32. The van der Waals surface area contributed by atoms with Gasteiger partial charge in [0, 0.05) is 23.9 Å². The van der Waals surface area contributed by atoms with Crippen molar-refractivity contribution >= 4 is 23.3 Å². The molecular weight excluding hydrogens is 390 g/mol. The smallest absolute Gasteiger partial charge is 0.272 e. The molecule has 5 nitrogen and oxygen atoms in total. The highest BCUT2D eigenvalue weighted by atomic mass is 35.5. The summed E-state index contributed by atoms with van der Waals surface area (Å²) < 4.78 is 29.8. The molecule has 0 spiro atoms. The highest BCUT2D eigenvalue weighted by Gasteiger charge is 2.17. The number of hydrogen-bond donors (Lipinski definition) is 1. The summed E-state index contributed by atoms with van der Waals surface area (Å²) in [4.78, 5) is 27.8. The molecule has 0 aliphatic rings. The Morgan fingerprint density at radius 3 is 2.61 bits per heavy atom. The Balaban J connectivity index is 2.13. The number of aromatic nitrogens is 1. The zero-order chi connectivity index (χ0) is 20.8. The van der Waals surface area contributed by atoms with Crippen LogP contribution in [-0.4, -0.2) is 29.7 Å². The van der Waals surface area contributed by atoms with E-state index in [9.17, 15) is 18.4 Å². The van der Waals surface area contributed by atoms with Gasteiger partial charge >= 0.3 is 0 Å². The van der Waals surface area contributed by atoms with Gasteiger partial charge in [0.1, 0.15) is 18.1 Å². The van der Waals surface area contributed by atoms with Crippen molar-refractivity contribution in [2.75, 3.05) is 6.61 Å². The van der Waals surface area contributed by atoms with Gasteiger partial charge in [-0.05, 0) is 50.1 Å². The largest absolute Gasteiger partial charge is 0.486 e. The molecule has 0 aliphatic heterocycles. The van der Waals surface area contributed by atoms with Crippen molar-refractivity contribution in [1.29, 1.82) is 0 Å². The van der Waals surface area contributed by atoms with E-state index >= 15 is 0 Å². The second-order valence-corrected chi connectivity index (χ2v) is 6.87. The number of ketones is 1. The van der Waals surface area contributed by atoms with Gasteiger partial charge < -0.3 is 10.1 Å². The van der Waals surface area contributed by atoms with Crippen LogP contribution in [0.2, 0.25) is 5.02 Å². The van der Waals surface area contributed by atoms with Crippen LogP contribution in [-0.2, 0) is 11.2 Å². The SMILES string of the molecule is CC(=O)Cc1cc(C(=O)NC(C)c2cc(C)c(OCC(F)F)c(Cl)c2)ccn1. The molecule has 1 N–H and O–H groups in total. The van der Waals surface area contributed by atoms with Crippen molar-refractivity contribution in [3.8, 4) is 5.75 Å². The van der Waals surface area contributed by atoms with Gasteiger partial charge in [-0.2, -0.15) is 0 Å². The number of ether oxygens (including phenoxy) is 1. The van der Waals surface area contributed by atoms with E-state index in [1.807, 2.05) is 0 Å². The first kappa shape index (κ1) is 21.8. The number of nitrogens with zero attached hydrogens (tertiary/aromatic N) is 1. The summed E-state index contributed by atoms with van der Waals surface area (Å²) in [6.45, 7) is 4.19. The van der Waals surface area contributed by atoms with Crippen LogP contribution < -0.4 is 10.1 Å². The number of hydrogen-bond acceptors (Lipinski definition) is 4. The van der Waals surface area contributed by atoms with Gasteiger partial charge in [-0.15, -0.1) is 0 Å². The van der Waals surface area contributed by atoms with Gasteiger partial charge in [-0.25, -0.2) is 8.78 Å². The number of carbonyl (C=O) groups excluding carboxylic acids is 2. The number of rotatable bonds is 8. The Morgan fingerprint density at radius 2 is 2.00 bits per heavy atom. The van der Waals surface area contributed by atoms with Gasteiger partial charge in [-0.3, -0.25) is 14.6 Å². The van der Waals surface area contributed by atoms with Crippen molar-refractivity contribution < 1.29 is 23.1 Å². The molecule has 1 aromatic carbocycles. The molecule has 8 heteroatoms. The van der Waals surface area contributed by atoms with Crippen LogP contribution in [0.5, 0.6) is 5.75 Å². The molecule has 0 radical (unpaired) electrons. The molecule has 0 fully saturated rings. The molecule has 1 amide bonds. The molecule has 0 saturated carbocycles. The van der Waals surface area contributed by atoms with Crippen molar-refractivity contribution in [2.45, 2.75) is 39.7 Å². The van der Waals surface area contributed by atoms with E-state index in [1.54, 1.807) is 38.1 Å². The first-order valence-electron chi connectivity index (χ1n) is 8.63. The van der Waals surface area contributed by atoms with Crippen molar-refractivity contribution in [2.24, 2.45) is 0 Å². The lowest BCUT2D eigenvalue weighted by atomic mass is 10.0. The number of Topliss-reactive ketones (excluding diaryl/α,β-unsaturated/α-hetero) is 1. The van der Waals surface area contributed by atoms with E-state index < -0.39 is 19.1 Å². The van der Waals surface area contributed by atoms with E-state index in [2.05, 4.69) is 10.3 Å². The maximum atomic E-state index is 12.5. The lowest BCUT2D eigenvalue weighted by Gasteiger charge is -2.18. The molecule has 150 valence electrons. The Bertz CT molecular complexity index is 851. The minimum atomic E-state index is -2.60. The number of amides is 1. The van der Waals surface area contributed by atoms with Gasteiger partial charge in [0.25, 0.3) is 12.3 Å². The van der Waals surface area contributed by atoms with E-state index in [0.29, 0.717) is 22.4 Å². The van der Waals surface area contributed by atoms with E-state index in [4.69, 9.17) is 16.3 Å². The van der Waals surface area contributed by atoms with Crippen LogP contribution in [0.1, 0.15) is 47.1 Å². The van der Waals surface area contributed by atoms with Crippen LogP contribution in [0.4, 0.5) is 8.78 Å². The third kappa shape index (κ3) is 5.99. The molecular formula is C20H21ClF2N2O3. The summed E-state index contributed by atoms with van der Waals surface area (Å²) in [5.74, 6) is -0.170. The fraction of sp³-hybridized carbons (Fsp3) is 0.350. The van der Waals surface area contributed by atoms with Gasteiger partial charge in [-0.1, -0.05) is 17.7 Å². The number of aryl methyl sites for hydroxylation is 1. The Labute approximate surface area is 167 Å². The predicted molar refractivity (Wildman–Crippen MR) is 102 cm³/mol. The van der Waals surface area contributed by atoms with E-state index in [0.717, 1.165) is 0 Å². The molecule has 2 aromatic rings. The van der Waals surface area contributed by atoms with Crippen LogP contribution in [0.25, 0.3) is 0 Å². The molecule has 1 aromatic heterocycles. The van der Waals surface area contributed by atoms with Crippen molar-refractivity contribution in [3.63, 3.8) is 0 Å². The average molecular weight is 411 g/mol. The molecule has 0 saturated heterocycles. The molecule has 1 atom stereocenters.